The van der Waals surface area contributed by atoms with Gasteiger partial charge < -0.3 is 44.4 Å². The standard InChI is InChI=1S/C32H33ClN2O7S.C30H29ClN2O7S.Li.H2O/c1-22(18-31(36)41-3)34(20-23-8-7-9-24(33)19-23)29-16-17-30(28-11-6-5-10-27(28)29)35(21-32(37)42-4)43(38,39)26-14-12-25(40-2)13-15-26;1-20(16-29(34)35)32(18-21-6-5-7-22(31)17-21)27-14-15-28(26-9-4-3-8-25(26)27)33(19-30(36)37)41(38,39)24-12-10-23(40-2)11-13-24;;/h5-17,19,22H,18,20-21H2,1-4H3;3-15,17,20H,16,18-19H2,1-2H3,(H,34,35)(H,36,37);;1H2/q;;+1;/p-1/t22-;20-;;/m00../s1. The Hall–Kier alpha value is -8.00. The van der Waals surface area contributed by atoms with Crippen LogP contribution in [0.3, 0.4) is 0 Å². The van der Waals surface area contributed by atoms with Crippen molar-refractivity contribution in [3.63, 3.8) is 0 Å². The first-order chi connectivity index (χ1) is 40.1. The van der Waals surface area contributed by atoms with Gasteiger partial charge in [-0.25, -0.2) is 16.8 Å². The molecular weight excluding hydrogens is 1180 g/mol. The zero-order valence-corrected chi connectivity index (χ0v) is 51.3. The van der Waals surface area contributed by atoms with Gasteiger partial charge in [-0.2, -0.15) is 0 Å². The van der Waals surface area contributed by atoms with Gasteiger partial charge in [-0.3, -0.25) is 27.8 Å². The Kier molecular flexibility index (Phi) is 24.7. The molecule has 19 nitrogen and oxygen atoms in total. The number of carboxylic acid groups (broad SMARTS) is 2. The molecule has 2 atom stereocenters. The van der Waals surface area contributed by atoms with Crippen LogP contribution in [-0.4, -0.2) is 110 Å². The van der Waals surface area contributed by atoms with Crippen LogP contribution >= 0.6 is 23.2 Å². The summed E-state index contributed by atoms with van der Waals surface area (Å²) in [7, 11) is -3.00. The predicted molar refractivity (Wildman–Crippen MR) is 328 cm³/mol. The number of aliphatic carboxylic acids is 2. The monoisotopic (exact) mass is 1240 g/mol. The number of anilines is 4. The maximum Gasteiger partial charge on any atom is 1.00 e. The van der Waals surface area contributed by atoms with Crippen LogP contribution in [0.5, 0.6) is 11.5 Å². The minimum absolute atomic E-state index is 0. The fourth-order valence-electron chi connectivity index (χ4n) is 9.54. The number of halogens is 2. The Labute approximate surface area is 521 Å². The van der Waals surface area contributed by atoms with E-state index in [4.69, 9.17) is 42.1 Å². The van der Waals surface area contributed by atoms with E-state index in [0.29, 0.717) is 62.2 Å². The number of hydrogen-bond acceptors (Lipinski definition) is 15. The third-order valence-electron chi connectivity index (χ3n) is 13.7. The summed E-state index contributed by atoms with van der Waals surface area (Å²) in [4.78, 5) is 52.2. The zero-order valence-electron chi connectivity index (χ0n) is 48.2. The van der Waals surface area contributed by atoms with Crippen molar-refractivity contribution in [1.29, 1.82) is 0 Å². The average molecular weight is 1250 g/mol. The van der Waals surface area contributed by atoms with Gasteiger partial charge in [-0.15, -0.1) is 0 Å². The number of esters is 2. The van der Waals surface area contributed by atoms with Crippen LogP contribution in [0, 0.1) is 0 Å². The molecule has 3 N–H and O–H groups in total. The third kappa shape index (κ3) is 16.7. The Balaban J connectivity index is 0.000000307. The second-order valence-electron chi connectivity index (χ2n) is 19.2. The maximum absolute atomic E-state index is 14.0. The number of rotatable bonds is 24. The summed E-state index contributed by atoms with van der Waals surface area (Å²) in [5.41, 5.74) is 3.68. The van der Waals surface area contributed by atoms with Crippen molar-refractivity contribution in [1.82, 2.24) is 0 Å². The summed E-state index contributed by atoms with van der Waals surface area (Å²) in [6, 6.07) is 46.7. The van der Waals surface area contributed by atoms with E-state index in [1.165, 1.54) is 64.8 Å². The topological polar surface area (TPSA) is 257 Å². The molecule has 0 aliphatic heterocycles. The molecule has 0 heterocycles. The maximum atomic E-state index is 14.0. The predicted octanol–water partition coefficient (Wildman–Crippen LogP) is 8.31. The number of ether oxygens (including phenoxy) is 4. The van der Waals surface area contributed by atoms with Gasteiger partial charge in [0.15, 0.2) is 0 Å². The normalized spacial score (nSPS) is 11.7. The summed E-state index contributed by atoms with van der Waals surface area (Å²) in [6.45, 7) is 3.12. The van der Waals surface area contributed by atoms with E-state index in [2.05, 4.69) is 4.90 Å². The number of benzene rings is 8. The fourth-order valence-corrected chi connectivity index (χ4v) is 12.8. The molecule has 0 spiro atoms. The largest absolute Gasteiger partial charge is 1.00 e. The molecule has 86 heavy (non-hydrogen) atoms. The van der Waals surface area contributed by atoms with Crippen molar-refractivity contribution in [2.24, 2.45) is 0 Å². The molecule has 8 rings (SSSR count). The van der Waals surface area contributed by atoms with Crippen molar-refractivity contribution in [3.8, 4) is 11.5 Å². The molecule has 0 fully saturated rings. The first kappa shape index (κ1) is 68.8. The molecule has 448 valence electrons. The number of carboxylic acids is 2. The van der Waals surface area contributed by atoms with Crippen LogP contribution in [0.15, 0.2) is 180 Å². The summed E-state index contributed by atoms with van der Waals surface area (Å²) in [5, 5.41) is 22.8. The van der Waals surface area contributed by atoms with E-state index in [-0.39, 0.29) is 64.7 Å². The molecule has 0 unspecified atom stereocenters. The molecule has 0 saturated heterocycles. The fraction of sp³-hybridized carbons (Fsp3) is 0.226. The van der Waals surface area contributed by atoms with E-state index in [1.807, 2.05) is 54.3 Å². The van der Waals surface area contributed by atoms with Gasteiger partial charge in [0, 0.05) is 68.1 Å². The smallest absolute Gasteiger partial charge is 0.870 e. The van der Waals surface area contributed by atoms with Crippen LogP contribution in [0.4, 0.5) is 22.7 Å². The Morgan fingerprint density at radius 3 is 1.17 bits per heavy atom. The Bertz CT molecular complexity index is 3900. The van der Waals surface area contributed by atoms with Crippen molar-refractivity contribution in [2.75, 3.05) is 59.9 Å². The quantitative estimate of drug-likeness (QED) is 0.0426. The number of sulfonamides is 2. The van der Waals surface area contributed by atoms with Crippen LogP contribution < -0.4 is 46.7 Å². The average Bonchev–Trinajstić information content (AvgIpc) is 0.931. The molecule has 0 saturated carbocycles. The summed E-state index contributed by atoms with van der Waals surface area (Å²) in [6.07, 6.45) is -0.0267. The van der Waals surface area contributed by atoms with Gasteiger partial charge in [0.25, 0.3) is 20.0 Å². The number of hydrogen-bond donors (Lipinski definition) is 2. The van der Waals surface area contributed by atoms with Gasteiger partial charge in [-0.1, -0.05) is 96.0 Å². The number of carbonyl (C=O) groups is 4. The summed E-state index contributed by atoms with van der Waals surface area (Å²) in [5.74, 6) is -2.42. The molecule has 8 aromatic rings. The van der Waals surface area contributed by atoms with Gasteiger partial charge in [0.05, 0.1) is 62.4 Å². The first-order valence-electron chi connectivity index (χ1n) is 26.1. The van der Waals surface area contributed by atoms with Gasteiger partial charge in [0.1, 0.15) is 24.6 Å². The second-order valence-corrected chi connectivity index (χ2v) is 23.8. The molecule has 0 amide bonds. The van der Waals surface area contributed by atoms with Crippen LogP contribution in [0.2, 0.25) is 10.0 Å². The Morgan fingerprint density at radius 1 is 0.465 bits per heavy atom. The third-order valence-corrected chi connectivity index (χ3v) is 17.7. The van der Waals surface area contributed by atoms with Crippen LogP contribution in [-0.2, 0) is 61.8 Å². The van der Waals surface area contributed by atoms with Crippen molar-refractivity contribution in [3.05, 3.63) is 191 Å². The van der Waals surface area contributed by atoms with Crippen LogP contribution in [0.25, 0.3) is 21.5 Å². The SMILES string of the molecule is COC(=O)C[C@H](C)N(Cc1cccc(Cl)c1)c1ccc(N(CC(=O)OC)S(=O)(=O)c2ccc(OC)cc2)c2ccccc12.COc1ccc(S(=O)(=O)N(CC(=O)O)c2ccc(N(Cc3cccc(Cl)c3)[C@@H](C)CC(=O)O)c3ccccc23)cc1.[Li+].[OH-]. The number of fused-ring (bicyclic) bond motifs is 2. The van der Waals surface area contributed by atoms with Gasteiger partial charge in [0.2, 0.25) is 0 Å². The molecule has 0 aliphatic carbocycles. The van der Waals surface area contributed by atoms with E-state index in [1.54, 1.807) is 97.9 Å². The first-order valence-corrected chi connectivity index (χ1v) is 29.7. The van der Waals surface area contributed by atoms with E-state index >= 15 is 0 Å². The van der Waals surface area contributed by atoms with E-state index in [0.717, 1.165) is 30.8 Å². The number of methoxy groups -OCH3 is 4. The number of carbonyl (C=O) groups excluding carboxylic acids is 2. The zero-order chi connectivity index (χ0) is 60.9. The van der Waals surface area contributed by atoms with Gasteiger partial charge >= 0.3 is 42.7 Å². The second kappa shape index (κ2) is 30.9. The molecule has 0 bridgehead atoms. The van der Waals surface area contributed by atoms with E-state index < -0.39 is 57.1 Å². The van der Waals surface area contributed by atoms with Crippen molar-refractivity contribution >= 4 is 111 Å². The molecular formula is C62H63Cl2LiN4O15S2. The molecule has 8 aromatic carbocycles. The van der Waals surface area contributed by atoms with Gasteiger partial charge in [-0.05, 0) is 122 Å². The van der Waals surface area contributed by atoms with Crippen molar-refractivity contribution in [2.45, 2.75) is 61.7 Å². The van der Waals surface area contributed by atoms with Crippen LogP contribution in [0.1, 0.15) is 37.8 Å². The molecule has 0 aromatic heterocycles. The number of nitrogens with zero attached hydrogens (tertiary/aromatic N) is 4. The van der Waals surface area contributed by atoms with E-state index in [9.17, 15) is 46.2 Å². The summed E-state index contributed by atoms with van der Waals surface area (Å²) >= 11 is 12.5. The summed E-state index contributed by atoms with van der Waals surface area (Å²) < 4.78 is 77.5. The molecule has 0 aliphatic rings. The Morgan fingerprint density at radius 2 is 0.826 bits per heavy atom. The minimum Gasteiger partial charge on any atom is -0.870 e. The van der Waals surface area contributed by atoms with Crippen molar-refractivity contribution < 1.29 is 89.5 Å². The molecule has 0 radical (unpaired) electrons. The minimum atomic E-state index is -4.29. The molecule has 24 heteroatoms.